The Morgan fingerprint density at radius 1 is 1.19 bits per heavy atom. The molecule has 2 unspecified atom stereocenters. The van der Waals surface area contributed by atoms with Crippen LogP contribution in [0, 0.1) is 5.92 Å². The van der Waals surface area contributed by atoms with Crippen molar-refractivity contribution in [2.45, 2.75) is 44.3 Å². The van der Waals surface area contributed by atoms with Gasteiger partial charge in [0.05, 0.1) is 13.2 Å². The van der Waals surface area contributed by atoms with E-state index in [0.717, 1.165) is 16.7 Å². The first kappa shape index (κ1) is 21.3. The molecule has 1 amide bonds. The average Bonchev–Trinajstić information content (AvgIpc) is 3.08. The fourth-order valence-corrected chi connectivity index (χ4v) is 4.71. The number of halogens is 2. The van der Waals surface area contributed by atoms with Crippen LogP contribution in [0.4, 0.5) is 13.6 Å². The zero-order chi connectivity index (χ0) is 22.1. The van der Waals surface area contributed by atoms with Crippen molar-refractivity contribution in [3.8, 4) is 0 Å². The van der Waals surface area contributed by atoms with Gasteiger partial charge in [0.15, 0.2) is 5.60 Å². The summed E-state index contributed by atoms with van der Waals surface area (Å²) in [6.45, 7) is 1.85. The van der Waals surface area contributed by atoms with E-state index in [-0.39, 0.29) is 13.2 Å². The first-order valence-electron chi connectivity index (χ1n) is 10.5. The zero-order valence-electron chi connectivity index (χ0n) is 17.4. The molecule has 1 spiro atoms. The van der Waals surface area contributed by atoms with E-state index < -0.39 is 35.9 Å². The fraction of sp³-hybridized carbons (Fsp3) is 0.417. The number of nitrogens with zero attached hydrogens (tertiary/aromatic N) is 1. The Kier molecular flexibility index (Phi) is 5.69. The summed E-state index contributed by atoms with van der Waals surface area (Å²) in [5, 5.41) is 0. The van der Waals surface area contributed by atoms with E-state index in [1.54, 1.807) is 4.90 Å². The molecule has 164 valence electrons. The Morgan fingerprint density at radius 2 is 1.90 bits per heavy atom. The number of esters is 1. The third-order valence-corrected chi connectivity index (χ3v) is 6.14. The molecule has 2 aliphatic rings. The number of rotatable bonds is 6. The zero-order valence-corrected chi connectivity index (χ0v) is 17.4. The number of carbonyl (C=O) groups excluding carboxylic acids is 2. The minimum atomic E-state index is -3.65. The van der Waals surface area contributed by atoms with Crippen LogP contribution in [0.5, 0.6) is 0 Å². The fourth-order valence-electron chi connectivity index (χ4n) is 4.71. The van der Waals surface area contributed by atoms with Crippen LogP contribution >= 0.6 is 0 Å². The average molecular weight is 429 g/mol. The summed E-state index contributed by atoms with van der Waals surface area (Å²) >= 11 is 0. The van der Waals surface area contributed by atoms with Crippen molar-refractivity contribution in [1.29, 1.82) is 0 Å². The summed E-state index contributed by atoms with van der Waals surface area (Å²) in [6, 6.07) is 16.9. The lowest BCUT2D eigenvalue weighted by Crippen LogP contribution is -2.47. The predicted molar refractivity (Wildman–Crippen MR) is 109 cm³/mol. The Labute approximate surface area is 179 Å². The van der Waals surface area contributed by atoms with Crippen molar-refractivity contribution in [3.63, 3.8) is 0 Å². The molecule has 31 heavy (non-hydrogen) atoms. The van der Waals surface area contributed by atoms with Crippen LogP contribution in [0.15, 0.2) is 54.6 Å². The molecule has 0 aromatic heterocycles. The standard InChI is InChI=1S/C24H25F2NO4/c1-2-30-21(28)24(25,26)14-19-13-12-18-10-6-7-11-20(18)23(19)16-27(22(29)31-23)15-17-8-4-3-5-9-17/h3-11,19H,2,12-16H2,1H3. The van der Waals surface area contributed by atoms with Crippen LogP contribution in [-0.4, -0.2) is 36.0 Å². The normalized spacial score (nSPS) is 22.9. The van der Waals surface area contributed by atoms with Gasteiger partial charge in [0.1, 0.15) is 0 Å². The van der Waals surface area contributed by atoms with Crippen LogP contribution < -0.4 is 0 Å². The van der Waals surface area contributed by atoms with Crippen molar-refractivity contribution >= 4 is 12.1 Å². The molecule has 2 aromatic carbocycles. The molecule has 1 aliphatic heterocycles. The van der Waals surface area contributed by atoms with Gasteiger partial charge in [-0.3, -0.25) is 4.90 Å². The molecular weight excluding hydrogens is 404 g/mol. The highest BCUT2D eigenvalue weighted by molar-refractivity contribution is 5.77. The van der Waals surface area contributed by atoms with E-state index in [1.807, 2.05) is 54.6 Å². The third kappa shape index (κ3) is 4.01. The second-order valence-corrected chi connectivity index (χ2v) is 8.12. The van der Waals surface area contributed by atoms with Gasteiger partial charge in [0.2, 0.25) is 0 Å². The number of carbonyl (C=O) groups is 2. The van der Waals surface area contributed by atoms with Crippen LogP contribution in [0.3, 0.4) is 0 Å². The maximum absolute atomic E-state index is 14.7. The molecule has 2 atom stereocenters. The van der Waals surface area contributed by atoms with E-state index in [2.05, 4.69) is 4.74 Å². The lowest BCUT2D eigenvalue weighted by Gasteiger charge is -2.41. The number of alkyl halides is 2. The molecule has 0 bridgehead atoms. The predicted octanol–water partition coefficient (Wildman–Crippen LogP) is 4.69. The van der Waals surface area contributed by atoms with Crippen LogP contribution in [0.25, 0.3) is 0 Å². The molecule has 0 N–H and O–H groups in total. The molecule has 1 fully saturated rings. The van der Waals surface area contributed by atoms with Crippen LogP contribution in [0.2, 0.25) is 0 Å². The highest BCUT2D eigenvalue weighted by Gasteiger charge is 2.57. The number of ether oxygens (including phenoxy) is 2. The Balaban J connectivity index is 1.67. The highest BCUT2D eigenvalue weighted by atomic mass is 19.3. The summed E-state index contributed by atoms with van der Waals surface area (Å²) in [5.74, 6) is -5.90. The summed E-state index contributed by atoms with van der Waals surface area (Å²) in [7, 11) is 0. The summed E-state index contributed by atoms with van der Waals surface area (Å²) in [5.41, 5.74) is 1.42. The van der Waals surface area contributed by atoms with E-state index >= 15 is 0 Å². The number of fused-ring (bicyclic) bond motifs is 2. The van der Waals surface area contributed by atoms with E-state index in [1.165, 1.54) is 6.92 Å². The summed E-state index contributed by atoms with van der Waals surface area (Å²) < 4.78 is 39.9. The molecule has 4 rings (SSSR count). The van der Waals surface area contributed by atoms with Gasteiger partial charge in [-0.15, -0.1) is 0 Å². The topological polar surface area (TPSA) is 55.8 Å². The molecule has 0 radical (unpaired) electrons. The first-order valence-corrected chi connectivity index (χ1v) is 10.5. The van der Waals surface area contributed by atoms with Crippen molar-refractivity contribution in [2.24, 2.45) is 5.92 Å². The summed E-state index contributed by atoms with van der Waals surface area (Å²) in [6.07, 6.45) is -0.298. The van der Waals surface area contributed by atoms with E-state index in [9.17, 15) is 18.4 Å². The van der Waals surface area contributed by atoms with Crippen molar-refractivity contribution in [1.82, 2.24) is 4.90 Å². The SMILES string of the molecule is CCOC(=O)C(F)(F)CC1CCc2ccccc2C12CN(Cc1ccccc1)C(=O)O2. The molecule has 1 heterocycles. The minimum Gasteiger partial charge on any atom is -0.462 e. The number of hydrogen-bond donors (Lipinski definition) is 0. The van der Waals surface area contributed by atoms with Crippen molar-refractivity contribution in [3.05, 3.63) is 71.3 Å². The Hall–Kier alpha value is -2.96. The second-order valence-electron chi connectivity index (χ2n) is 8.12. The number of hydrogen-bond acceptors (Lipinski definition) is 4. The lowest BCUT2D eigenvalue weighted by atomic mass is 9.69. The van der Waals surface area contributed by atoms with Crippen molar-refractivity contribution < 1.29 is 27.8 Å². The third-order valence-electron chi connectivity index (χ3n) is 6.14. The molecule has 7 heteroatoms. The van der Waals surface area contributed by atoms with Gasteiger partial charge in [-0.1, -0.05) is 54.6 Å². The Bertz CT molecular complexity index is 965. The van der Waals surface area contributed by atoms with Gasteiger partial charge >= 0.3 is 18.0 Å². The van der Waals surface area contributed by atoms with Crippen LogP contribution in [-0.2, 0) is 32.8 Å². The van der Waals surface area contributed by atoms with Gasteiger partial charge in [-0.05, 0) is 30.9 Å². The minimum absolute atomic E-state index is 0.118. The van der Waals surface area contributed by atoms with E-state index in [4.69, 9.17) is 4.74 Å². The quantitative estimate of drug-likeness (QED) is 0.626. The molecule has 0 saturated carbocycles. The largest absolute Gasteiger partial charge is 0.462 e. The van der Waals surface area contributed by atoms with Gasteiger partial charge < -0.3 is 9.47 Å². The number of amides is 1. The number of aryl methyl sites for hydroxylation is 1. The van der Waals surface area contributed by atoms with E-state index in [0.29, 0.717) is 19.4 Å². The monoisotopic (exact) mass is 429 g/mol. The maximum atomic E-state index is 14.7. The molecular formula is C24H25F2NO4. The van der Waals surface area contributed by atoms with Gasteiger partial charge in [0.25, 0.3) is 0 Å². The lowest BCUT2D eigenvalue weighted by molar-refractivity contribution is -0.177. The highest BCUT2D eigenvalue weighted by Crippen LogP contribution is 2.50. The molecule has 1 saturated heterocycles. The maximum Gasteiger partial charge on any atom is 0.411 e. The van der Waals surface area contributed by atoms with Crippen LogP contribution in [0.1, 0.15) is 36.5 Å². The molecule has 5 nitrogen and oxygen atoms in total. The first-order chi connectivity index (χ1) is 14.9. The number of benzene rings is 2. The van der Waals surface area contributed by atoms with Crippen molar-refractivity contribution in [2.75, 3.05) is 13.2 Å². The smallest absolute Gasteiger partial charge is 0.411 e. The van der Waals surface area contributed by atoms with Gasteiger partial charge in [-0.2, -0.15) is 8.78 Å². The van der Waals surface area contributed by atoms with Gasteiger partial charge in [-0.25, -0.2) is 9.59 Å². The molecule has 2 aromatic rings. The summed E-state index contributed by atoms with van der Waals surface area (Å²) in [4.78, 5) is 26.2. The van der Waals surface area contributed by atoms with Gasteiger partial charge in [0, 0.05) is 24.4 Å². The Morgan fingerprint density at radius 3 is 2.65 bits per heavy atom. The second kappa shape index (κ2) is 8.29. The molecule has 1 aliphatic carbocycles.